The quantitative estimate of drug-likeness (QED) is 0.730. The van der Waals surface area contributed by atoms with Crippen molar-refractivity contribution in [3.63, 3.8) is 0 Å². The Balaban J connectivity index is 1.46. The zero-order chi connectivity index (χ0) is 20.9. The molecule has 0 unspecified atom stereocenters. The Morgan fingerprint density at radius 2 is 1.87 bits per heavy atom. The minimum absolute atomic E-state index is 0.00868. The lowest BCUT2D eigenvalue weighted by Gasteiger charge is -2.29. The largest absolute Gasteiger partial charge is 0.483 e. The highest BCUT2D eigenvalue weighted by molar-refractivity contribution is 6.30. The molecule has 2 atom stereocenters. The van der Waals surface area contributed by atoms with Crippen LogP contribution in [0.5, 0.6) is 5.75 Å². The molecule has 30 heavy (non-hydrogen) atoms. The van der Waals surface area contributed by atoms with E-state index >= 15 is 0 Å². The van der Waals surface area contributed by atoms with E-state index in [-0.39, 0.29) is 24.7 Å². The number of aryl methyl sites for hydroxylation is 1. The van der Waals surface area contributed by atoms with E-state index in [2.05, 4.69) is 23.1 Å². The second-order valence-corrected chi connectivity index (χ2v) is 8.59. The SMILES string of the molecule is CN1C(=O)COc2ccccc2CCCCO[C@H]2CN(Cc3ccc(Cl)cc3)C[C@@H]21. The molecule has 6 heteroatoms. The molecule has 0 spiro atoms. The molecule has 0 saturated carbocycles. The Morgan fingerprint density at radius 1 is 1.07 bits per heavy atom. The highest BCUT2D eigenvalue weighted by Crippen LogP contribution is 2.24. The molecule has 2 aliphatic rings. The minimum atomic E-state index is -0.0176. The summed E-state index contributed by atoms with van der Waals surface area (Å²) in [6, 6.07) is 16.0. The number of fused-ring (bicyclic) bond motifs is 2. The van der Waals surface area contributed by atoms with Crippen molar-refractivity contribution in [2.24, 2.45) is 0 Å². The molecule has 1 saturated heterocycles. The molecule has 2 aromatic carbocycles. The first-order valence-electron chi connectivity index (χ1n) is 10.6. The van der Waals surface area contributed by atoms with Crippen molar-refractivity contribution >= 4 is 17.5 Å². The van der Waals surface area contributed by atoms with Crippen molar-refractivity contribution in [3.05, 3.63) is 64.7 Å². The number of benzene rings is 2. The summed E-state index contributed by atoms with van der Waals surface area (Å²) >= 11 is 6.01. The normalized spacial score (nSPS) is 23.5. The average molecular weight is 429 g/mol. The summed E-state index contributed by atoms with van der Waals surface area (Å²) in [5.74, 6) is 0.794. The van der Waals surface area contributed by atoms with Gasteiger partial charge in [-0.05, 0) is 48.6 Å². The fraction of sp³-hybridized carbons (Fsp3) is 0.458. The number of hydrogen-bond acceptors (Lipinski definition) is 4. The molecule has 1 fully saturated rings. The number of carbonyl (C=O) groups excluding carboxylic acids is 1. The molecule has 1 amide bonds. The van der Waals surface area contributed by atoms with Crippen LogP contribution < -0.4 is 4.74 Å². The van der Waals surface area contributed by atoms with Crippen molar-refractivity contribution < 1.29 is 14.3 Å². The highest BCUT2D eigenvalue weighted by atomic mass is 35.5. The summed E-state index contributed by atoms with van der Waals surface area (Å²) in [7, 11) is 1.87. The van der Waals surface area contributed by atoms with Crippen LogP contribution in [-0.4, -0.2) is 61.2 Å². The maximum Gasteiger partial charge on any atom is 0.260 e. The van der Waals surface area contributed by atoms with E-state index in [1.54, 1.807) is 0 Å². The lowest BCUT2D eigenvalue weighted by molar-refractivity contribution is -0.136. The van der Waals surface area contributed by atoms with E-state index in [1.807, 2.05) is 42.3 Å². The number of rotatable bonds is 2. The molecule has 0 aliphatic carbocycles. The predicted molar refractivity (Wildman–Crippen MR) is 118 cm³/mol. The van der Waals surface area contributed by atoms with Gasteiger partial charge in [-0.25, -0.2) is 0 Å². The molecule has 0 bridgehead atoms. The third kappa shape index (κ3) is 5.15. The van der Waals surface area contributed by atoms with Gasteiger partial charge in [0.2, 0.25) is 0 Å². The van der Waals surface area contributed by atoms with Crippen LogP contribution in [0.3, 0.4) is 0 Å². The van der Waals surface area contributed by atoms with E-state index in [0.29, 0.717) is 6.61 Å². The van der Waals surface area contributed by atoms with Gasteiger partial charge in [0.15, 0.2) is 6.61 Å². The molecule has 160 valence electrons. The highest BCUT2D eigenvalue weighted by Gasteiger charge is 2.38. The molecule has 5 nitrogen and oxygen atoms in total. The third-order valence-electron chi connectivity index (χ3n) is 6.02. The summed E-state index contributed by atoms with van der Waals surface area (Å²) in [6.45, 7) is 3.17. The zero-order valence-corrected chi connectivity index (χ0v) is 18.2. The lowest BCUT2D eigenvalue weighted by atomic mass is 10.1. The van der Waals surface area contributed by atoms with Gasteiger partial charge in [-0.2, -0.15) is 0 Å². The van der Waals surface area contributed by atoms with Gasteiger partial charge < -0.3 is 14.4 Å². The Hall–Kier alpha value is -2.08. The topological polar surface area (TPSA) is 42.0 Å². The van der Waals surface area contributed by atoms with E-state index in [4.69, 9.17) is 21.1 Å². The second-order valence-electron chi connectivity index (χ2n) is 8.16. The van der Waals surface area contributed by atoms with Crippen LogP contribution in [0.4, 0.5) is 0 Å². The number of halogens is 1. The first-order valence-corrected chi connectivity index (χ1v) is 11.0. The maximum atomic E-state index is 12.9. The van der Waals surface area contributed by atoms with Gasteiger partial charge in [-0.3, -0.25) is 9.69 Å². The first-order chi connectivity index (χ1) is 14.6. The molecule has 2 aromatic rings. The minimum Gasteiger partial charge on any atom is -0.483 e. The van der Waals surface area contributed by atoms with Gasteiger partial charge in [0.25, 0.3) is 5.91 Å². The fourth-order valence-electron chi connectivity index (χ4n) is 4.28. The van der Waals surface area contributed by atoms with Crippen molar-refractivity contribution in [2.45, 2.75) is 38.0 Å². The third-order valence-corrected chi connectivity index (χ3v) is 6.27. The molecule has 4 rings (SSSR count). The molecule has 2 aliphatic heterocycles. The molecule has 0 radical (unpaired) electrons. The summed E-state index contributed by atoms with van der Waals surface area (Å²) in [4.78, 5) is 17.0. The van der Waals surface area contributed by atoms with Crippen molar-refractivity contribution in [3.8, 4) is 5.75 Å². The van der Waals surface area contributed by atoms with Crippen LogP contribution in [0.2, 0.25) is 5.02 Å². The summed E-state index contributed by atoms with van der Waals surface area (Å²) < 4.78 is 12.2. The molecule has 0 N–H and O–H groups in total. The molecular formula is C24H29ClN2O3. The Bertz CT molecular complexity index is 858. The van der Waals surface area contributed by atoms with E-state index < -0.39 is 0 Å². The van der Waals surface area contributed by atoms with Crippen molar-refractivity contribution in [1.29, 1.82) is 0 Å². The number of carbonyl (C=O) groups is 1. The van der Waals surface area contributed by atoms with Crippen LogP contribution in [0.15, 0.2) is 48.5 Å². The monoisotopic (exact) mass is 428 g/mol. The van der Waals surface area contributed by atoms with Gasteiger partial charge in [0, 0.05) is 38.3 Å². The fourth-order valence-corrected chi connectivity index (χ4v) is 4.40. The first kappa shape index (κ1) is 21.2. The standard InChI is InChI=1S/C24H29ClN2O3/c1-26-21-15-27(14-18-9-11-20(25)12-10-18)16-23(21)29-13-5-4-7-19-6-2-3-8-22(19)30-17-24(26)28/h2-3,6,8-12,21,23H,4-5,7,13-17H2,1H3/t21-,23-/m0/s1. The van der Waals surface area contributed by atoms with Crippen LogP contribution in [-0.2, 0) is 22.5 Å². The number of para-hydroxylation sites is 1. The van der Waals surface area contributed by atoms with Crippen molar-refractivity contribution in [2.75, 3.05) is 33.4 Å². The summed E-state index contributed by atoms with van der Waals surface area (Å²) in [6.07, 6.45) is 2.97. The Kier molecular flexibility index (Phi) is 6.93. The molecule has 0 aromatic heterocycles. The number of amides is 1. The van der Waals surface area contributed by atoms with E-state index in [9.17, 15) is 4.79 Å². The molecule has 2 heterocycles. The maximum absolute atomic E-state index is 12.9. The van der Waals surface area contributed by atoms with Crippen LogP contribution in [0.25, 0.3) is 0 Å². The van der Waals surface area contributed by atoms with Gasteiger partial charge in [0.1, 0.15) is 5.75 Å². The number of likely N-dealkylation sites (tertiary alicyclic amines) is 1. The van der Waals surface area contributed by atoms with Gasteiger partial charge in [0.05, 0.1) is 12.1 Å². The van der Waals surface area contributed by atoms with Gasteiger partial charge >= 0.3 is 0 Å². The predicted octanol–water partition coefficient (Wildman–Crippen LogP) is 3.78. The number of nitrogens with zero attached hydrogens (tertiary/aromatic N) is 2. The zero-order valence-electron chi connectivity index (χ0n) is 17.4. The van der Waals surface area contributed by atoms with Gasteiger partial charge in [-0.15, -0.1) is 0 Å². The number of likely N-dealkylation sites (N-methyl/N-ethyl adjacent to an activating group) is 1. The van der Waals surface area contributed by atoms with Crippen LogP contribution >= 0.6 is 11.6 Å². The molecular weight excluding hydrogens is 400 g/mol. The number of ether oxygens (including phenoxy) is 2. The average Bonchev–Trinajstić information content (AvgIpc) is 3.15. The van der Waals surface area contributed by atoms with Crippen molar-refractivity contribution in [1.82, 2.24) is 9.80 Å². The number of hydrogen-bond donors (Lipinski definition) is 0. The van der Waals surface area contributed by atoms with Crippen LogP contribution in [0, 0.1) is 0 Å². The summed E-state index contributed by atoms with van der Waals surface area (Å²) in [5, 5.41) is 0.743. The van der Waals surface area contributed by atoms with E-state index in [1.165, 1.54) is 5.56 Å². The van der Waals surface area contributed by atoms with E-state index in [0.717, 1.165) is 55.2 Å². The Labute approximate surface area is 183 Å². The lowest BCUT2D eigenvalue weighted by Crippen LogP contribution is -2.47. The van der Waals surface area contributed by atoms with Gasteiger partial charge in [-0.1, -0.05) is 41.9 Å². The second kappa shape index (κ2) is 9.82. The summed E-state index contributed by atoms with van der Waals surface area (Å²) in [5.41, 5.74) is 2.36. The Morgan fingerprint density at radius 3 is 2.70 bits per heavy atom. The van der Waals surface area contributed by atoms with Crippen LogP contribution in [0.1, 0.15) is 24.0 Å². The smallest absolute Gasteiger partial charge is 0.260 e.